The lowest BCUT2D eigenvalue weighted by Crippen LogP contribution is -2.54. The van der Waals surface area contributed by atoms with E-state index in [0.29, 0.717) is 32.2 Å². The molecule has 7 heteroatoms. The molecule has 0 radical (unpaired) electrons. The SMILES string of the molecule is C[C@]1(C(=O)O)CCCN1C(=O)[C@H]1CCC[C@H]1NC(=O)OCC1c2ccccc2-c2ccccc21. The number of nitrogens with one attached hydrogen (secondary N) is 1. The molecule has 2 aromatic carbocycles. The van der Waals surface area contributed by atoms with E-state index in [0.717, 1.165) is 17.5 Å². The number of hydrogen-bond acceptors (Lipinski definition) is 4. The lowest BCUT2D eigenvalue weighted by Gasteiger charge is -2.34. The molecule has 0 spiro atoms. The first-order valence-corrected chi connectivity index (χ1v) is 12.1. The van der Waals surface area contributed by atoms with Crippen LogP contribution in [0.1, 0.15) is 56.1 Å². The number of carboxylic acid groups (broad SMARTS) is 1. The highest BCUT2D eigenvalue weighted by Gasteiger charge is 2.49. The normalized spacial score (nSPS) is 25.6. The molecule has 5 rings (SSSR count). The fourth-order valence-electron chi connectivity index (χ4n) is 5.96. The summed E-state index contributed by atoms with van der Waals surface area (Å²) >= 11 is 0. The highest BCUT2D eigenvalue weighted by Crippen LogP contribution is 2.44. The Bertz CT molecular complexity index is 1090. The van der Waals surface area contributed by atoms with Gasteiger partial charge in [0.15, 0.2) is 0 Å². The van der Waals surface area contributed by atoms with Gasteiger partial charge in [-0.3, -0.25) is 4.79 Å². The van der Waals surface area contributed by atoms with Gasteiger partial charge in [0, 0.05) is 18.5 Å². The number of carboxylic acids is 1. The van der Waals surface area contributed by atoms with E-state index in [1.54, 1.807) is 6.92 Å². The third-order valence-corrected chi connectivity index (χ3v) is 7.85. The molecule has 0 aromatic heterocycles. The van der Waals surface area contributed by atoms with Crippen LogP contribution in [0, 0.1) is 5.92 Å². The Hall–Kier alpha value is -3.35. The third-order valence-electron chi connectivity index (χ3n) is 7.85. The predicted octanol–water partition coefficient (Wildman–Crippen LogP) is 4.16. The number of likely N-dealkylation sites (tertiary alicyclic amines) is 1. The van der Waals surface area contributed by atoms with Crippen molar-refractivity contribution in [3.05, 3.63) is 59.7 Å². The summed E-state index contributed by atoms with van der Waals surface area (Å²) in [6.07, 6.45) is 2.71. The van der Waals surface area contributed by atoms with E-state index in [2.05, 4.69) is 29.6 Å². The molecule has 3 aliphatic rings. The molecule has 2 N–H and O–H groups in total. The molecule has 2 fully saturated rings. The molecule has 2 aromatic rings. The van der Waals surface area contributed by atoms with Gasteiger partial charge >= 0.3 is 12.1 Å². The van der Waals surface area contributed by atoms with Gasteiger partial charge in [0.05, 0.1) is 5.92 Å². The van der Waals surface area contributed by atoms with Crippen LogP contribution >= 0.6 is 0 Å². The largest absolute Gasteiger partial charge is 0.480 e. The van der Waals surface area contributed by atoms with Crippen LogP contribution in [0.5, 0.6) is 0 Å². The number of aliphatic carboxylic acids is 1. The summed E-state index contributed by atoms with van der Waals surface area (Å²) in [5, 5.41) is 12.6. The molecule has 0 unspecified atom stereocenters. The molecule has 1 aliphatic heterocycles. The fourth-order valence-corrected chi connectivity index (χ4v) is 5.96. The second-order valence-corrected chi connectivity index (χ2v) is 9.79. The molecule has 1 heterocycles. The van der Waals surface area contributed by atoms with Crippen molar-refractivity contribution in [2.24, 2.45) is 5.92 Å². The Morgan fingerprint density at radius 1 is 1.03 bits per heavy atom. The van der Waals surface area contributed by atoms with Crippen molar-refractivity contribution in [3.63, 3.8) is 0 Å². The molecule has 178 valence electrons. The average Bonchev–Trinajstić information content (AvgIpc) is 3.54. The maximum Gasteiger partial charge on any atom is 0.407 e. The highest BCUT2D eigenvalue weighted by atomic mass is 16.5. The van der Waals surface area contributed by atoms with Gasteiger partial charge in [0.2, 0.25) is 5.91 Å². The molecule has 7 nitrogen and oxygen atoms in total. The third kappa shape index (κ3) is 3.73. The zero-order valence-electron chi connectivity index (χ0n) is 19.3. The van der Waals surface area contributed by atoms with Gasteiger partial charge in [-0.15, -0.1) is 0 Å². The Morgan fingerprint density at radius 2 is 1.68 bits per heavy atom. The van der Waals surface area contributed by atoms with Crippen LogP contribution in [-0.4, -0.2) is 52.7 Å². The number of carbonyl (C=O) groups excluding carboxylic acids is 2. The molecule has 34 heavy (non-hydrogen) atoms. The van der Waals surface area contributed by atoms with Crippen molar-refractivity contribution in [1.82, 2.24) is 10.2 Å². The number of fused-ring (bicyclic) bond motifs is 3. The summed E-state index contributed by atoms with van der Waals surface area (Å²) in [6, 6.07) is 16.0. The highest BCUT2D eigenvalue weighted by molar-refractivity contribution is 5.89. The lowest BCUT2D eigenvalue weighted by atomic mass is 9.95. The first-order chi connectivity index (χ1) is 16.4. The number of hydrogen-bond donors (Lipinski definition) is 2. The zero-order chi connectivity index (χ0) is 23.9. The molecule has 3 atom stereocenters. The maximum atomic E-state index is 13.3. The van der Waals surface area contributed by atoms with E-state index in [1.165, 1.54) is 16.0 Å². The van der Waals surface area contributed by atoms with Gasteiger partial charge < -0.3 is 20.1 Å². The topological polar surface area (TPSA) is 95.9 Å². The summed E-state index contributed by atoms with van der Waals surface area (Å²) in [6.45, 7) is 2.27. The van der Waals surface area contributed by atoms with Gasteiger partial charge in [-0.25, -0.2) is 9.59 Å². The summed E-state index contributed by atoms with van der Waals surface area (Å²) in [5.74, 6) is -1.60. The van der Waals surface area contributed by atoms with E-state index < -0.39 is 23.5 Å². The molecular formula is C27H30N2O5. The number of rotatable bonds is 5. The fraction of sp³-hybridized carbons (Fsp3) is 0.444. The van der Waals surface area contributed by atoms with E-state index in [4.69, 9.17) is 4.74 Å². The Morgan fingerprint density at radius 3 is 2.32 bits per heavy atom. The number of ether oxygens (including phenoxy) is 1. The smallest absolute Gasteiger partial charge is 0.407 e. The van der Waals surface area contributed by atoms with E-state index >= 15 is 0 Å². The van der Waals surface area contributed by atoms with Crippen molar-refractivity contribution >= 4 is 18.0 Å². The number of alkyl carbamates (subject to hydrolysis) is 1. The van der Waals surface area contributed by atoms with Crippen LogP contribution < -0.4 is 5.32 Å². The summed E-state index contributed by atoms with van der Waals surface area (Å²) in [7, 11) is 0. The molecule has 1 saturated carbocycles. The molecule has 1 saturated heterocycles. The first kappa shape index (κ1) is 22.4. The van der Waals surface area contributed by atoms with Gasteiger partial charge in [0.1, 0.15) is 12.1 Å². The van der Waals surface area contributed by atoms with Crippen molar-refractivity contribution in [3.8, 4) is 11.1 Å². The molecule has 2 aliphatic carbocycles. The second kappa shape index (κ2) is 8.78. The van der Waals surface area contributed by atoms with Crippen LogP contribution in [0.3, 0.4) is 0 Å². The quantitative estimate of drug-likeness (QED) is 0.696. The Balaban J connectivity index is 1.24. The Labute approximate surface area is 199 Å². The van der Waals surface area contributed by atoms with Gasteiger partial charge in [-0.2, -0.15) is 0 Å². The number of benzene rings is 2. The van der Waals surface area contributed by atoms with Crippen molar-refractivity contribution < 1.29 is 24.2 Å². The minimum absolute atomic E-state index is 0.0277. The number of amides is 2. The van der Waals surface area contributed by atoms with E-state index in [9.17, 15) is 19.5 Å². The number of nitrogens with zero attached hydrogens (tertiary/aromatic N) is 1. The van der Waals surface area contributed by atoms with Crippen LogP contribution in [0.15, 0.2) is 48.5 Å². The van der Waals surface area contributed by atoms with Gasteiger partial charge in [0.25, 0.3) is 0 Å². The minimum atomic E-state index is -1.17. The summed E-state index contributed by atoms with van der Waals surface area (Å²) in [4.78, 5) is 39.3. The van der Waals surface area contributed by atoms with Crippen LogP contribution in [-0.2, 0) is 14.3 Å². The van der Waals surface area contributed by atoms with Crippen molar-refractivity contribution in [1.29, 1.82) is 0 Å². The molecule has 0 bridgehead atoms. The zero-order valence-corrected chi connectivity index (χ0v) is 19.3. The van der Waals surface area contributed by atoms with Crippen molar-refractivity contribution in [2.45, 2.75) is 56.5 Å². The molecule has 2 amide bonds. The monoisotopic (exact) mass is 462 g/mol. The van der Waals surface area contributed by atoms with Crippen LogP contribution in [0.4, 0.5) is 4.79 Å². The second-order valence-electron chi connectivity index (χ2n) is 9.79. The van der Waals surface area contributed by atoms with E-state index in [-0.39, 0.29) is 24.5 Å². The number of carbonyl (C=O) groups is 3. The summed E-state index contributed by atoms with van der Waals surface area (Å²) in [5.41, 5.74) is 3.45. The lowest BCUT2D eigenvalue weighted by molar-refractivity contribution is -0.157. The Kier molecular flexibility index (Phi) is 5.80. The van der Waals surface area contributed by atoms with Crippen molar-refractivity contribution in [2.75, 3.05) is 13.2 Å². The average molecular weight is 463 g/mol. The summed E-state index contributed by atoms with van der Waals surface area (Å²) < 4.78 is 5.67. The van der Waals surface area contributed by atoms with E-state index in [1.807, 2.05) is 24.3 Å². The first-order valence-electron chi connectivity index (χ1n) is 12.1. The molecular weight excluding hydrogens is 432 g/mol. The van der Waals surface area contributed by atoms with Gasteiger partial charge in [-0.1, -0.05) is 55.0 Å². The van der Waals surface area contributed by atoms with Gasteiger partial charge in [-0.05, 0) is 54.9 Å². The minimum Gasteiger partial charge on any atom is -0.480 e. The maximum absolute atomic E-state index is 13.3. The van der Waals surface area contributed by atoms with Crippen LogP contribution in [0.25, 0.3) is 11.1 Å². The predicted molar refractivity (Wildman–Crippen MR) is 126 cm³/mol. The van der Waals surface area contributed by atoms with Crippen LogP contribution in [0.2, 0.25) is 0 Å². The standard InChI is InChI=1S/C27H30N2O5/c1-27(25(31)32)14-7-15-29(27)24(30)21-12-6-13-23(21)28-26(33)34-16-22-19-10-4-2-8-17(19)18-9-3-5-11-20(18)22/h2-5,8-11,21-23H,6-7,12-16H2,1H3,(H,28,33)(H,31,32)/t21-,23+,27+/m0/s1.